The highest BCUT2D eigenvalue weighted by molar-refractivity contribution is 6.21. The molecule has 0 spiro atoms. The van der Waals surface area contributed by atoms with Gasteiger partial charge < -0.3 is 4.57 Å². The SMILES string of the molecule is c1ccc2c(c1)cc(-c1cc(-c3cc4ccccc4c4ccccc34)nc(-c3ccc(-c4ccc(-n5c6ccccc6c6c7ccccc7ccc65)cc4)cc3)n1)c1ccccc12. The van der Waals surface area contributed by atoms with Crippen molar-refractivity contribution in [1.82, 2.24) is 14.5 Å². The Labute approximate surface area is 363 Å². The largest absolute Gasteiger partial charge is 0.309 e. The summed E-state index contributed by atoms with van der Waals surface area (Å²) in [5, 5.41) is 14.7. The van der Waals surface area contributed by atoms with Gasteiger partial charge in [0.1, 0.15) is 0 Å². The van der Waals surface area contributed by atoms with Crippen LogP contribution in [0.15, 0.2) is 224 Å². The van der Waals surface area contributed by atoms with Crippen LogP contribution < -0.4 is 0 Å². The number of hydrogen-bond acceptors (Lipinski definition) is 2. The first kappa shape index (κ1) is 35.4. The third-order valence-electron chi connectivity index (χ3n) is 13.0. The van der Waals surface area contributed by atoms with Gasteiger partial charge >= 0.3 is 0 Å². The molecule has 13 rings (SSSR count). The molecular weight excluding hydrogens is 763 g/mol. The molecule has 0 saturated carbocycles. The smallest absolute Gasteiger partial charge is 0.160 e. The molecule has 0 unspecified atom stereocenters. The van der Waals surface area contributed by atoms with E-state index in [0.717, 1.165) is 44.9 Å². The number of rotatable bonds is 5. The number of fused-ring (bicyclic) bond motifs is 11. The third-order valence-corrected chi connectivity index (χ3v) is 13.0. The Hall–Kier alpha value is -8.40. The minimum Gasteiger partial charge on any atom is -0.309 e. The van der Waals surface area contributed by atoms with E-state index in [1.54, 1.807) is 0 Å². The van der Waals surface area contributed by atoms with Crippen LogP contribution in [-0.2, 0) is 0 Å². The van der Waals surface area contributed by atoms with Gasteiger partial charge in [-0.2, -0.15) is 0 Å². The van der Waals surface area contributed by atoms with Crippen LogP contribution in [0, 0.1) is 0 Å². The molecule has 2 heterocycles. The van der Waals surface area contributed by atoms with Crippen molar-refractivity contribution < 1.29 is 0 Å². The lowest BCUT2D eigenvalue weighted by atomic mass is 9.93. The van der Waals surface area contributed by atoms with Crippen molar-refractivity contribution in [2.24, 2.45) is 0 Å². The molecule has 0 bridgehead atoms. The molecule has 0 amide bonds. The van der Waals surface area contributed by atoms with Gasteiger partial charge in [-0.25, -0.2) is 9.97 Å². The number of para-hydroxylation sites is 1. The van der Waals surface area contributed by atoms with Crippen molar-refractivity contribution in [3.8, 4) is 50.7 Å². The monoisotopic (exact) mass is 799 g/mol. The molecule has 0 saturated heterocycles. The summed E-state index contributed by atoms with van der Waals surface area (Å²) in [6.07, 6.45) is 0. The van der Waals surface area contributed by atoms with Gasteiger partial charge in [-0.3, -0.25) is 0 Å². The molecule has 11 aromatic carbocycles. The molecule has 0 aliphatic rings. The van der Waals surface area contributed by atoms with E-state index in [-0.39, 0.29) is 0 Å². The molecule has 3 nitrogen and oxygen atoms in total. The molecule has 0 radical (unpaired) electrons. The zero-order chi connectivity index (χ0) is 41.4. The maximum atomic E-state index is 5.40. The molecule has 0 aliphatic carbocycles. The summed E-state index contributed by atoms with van der Waals surface area (Å²) in [4.78, 5) is 10.8. The average Bonchev–Trinajstić information content (AvgIpc) is 3.71. The van der Waals surface area contributed by atoms with Crippen LogP contribution in [0.4, 0.5) is 0 Å². The van der Waals surface area contributed by atoms with E-state index < -0.39 is 0 Å². The predicted octanol–water partition coefficient (Wildman–Crippen LogP) is 16.0. The molecule has 0 atom stereocenters. The molecule has 63 heavy (non-hydrogen) atoms. The zero-order valence-corrected chi connectivity index (χ0v) is 34.2. The molecular formula is C60H37N3. The second-order valence-corrected chi connectivity index (χ2v) is 16.5. The van der Waals surface area contributed by atoms with Crippen molar-refractivity contribution in [2.75, 3.05) is 0 Å². The third kappa shape index (κ3) is 5.67. The molecule has 292 valence electrons. The first-order chi connectivity index (χ1) is 31.2. The molecule has 3 heteroatoms. The van der Waals surface area contributed by atoms with E-state index in [0.29, 0.717) is 5.82 Å². The second-order valence-electron chi connectivity index (χ2n) is 16.5. The Bertz CT molecular complexity index is 3820. The highest BCUT2D eigenvalue weighted by Crippen LogP contribution is 2.41. The normalized spacial score (nSPS) is 11.8. The Morgan fingerprint density at radius 1 is 0.286 bits per heavy atom. The predicted molar refractivity (Wildman–Crippen MR) is 266 cm³/mol. The van der Waals surface area contributed by atoms with Crippen LogP contribution in [0.5, 0.6) is 0 Å². The fraction of sp³-hybridized carbons (Fsp3) is 0. The molecule has 2 aromatic heterocycles. The maximum absolute atomic E-state index is 5.40. The number of aromatic nitrogens is 3. The maximum Gasteiger partial charge on any atom is 0.160 e. The Morgan fingerprint density at radius 2 is 0.730 bits per heavy atom. The first-order valence-corrected chi connectivity index (χ1v) is 21.6. The summed E-state index contributed by atoms with van der Waals surface area (Å²) in [5.41, 5.74) is 10.8. The fourth-order valence-corrected chi connectivity index (χ4v) is 10.0. The van der Waals surface area contributed by atoms with Crippen molar-refractivity contribution in [2.45, 2.75) is 0 Å². The molecule has 0 aliphatic heterocycles. The van der Waals surface area contributed by atoms with Gasteiger partial charge in [0.15, 0.2) is 5.82 Å². The summed E-state index contributed by atoms with van der Waals surface area (Å²) in [5.74, 6) is 0.692. The second kappa shape index (κ2) is 14.1. The van der Waals surface area contributed by atoms with Crippen LogP contribution in [0.25, 0.3) is 126 Å². The average molecular weight is 800 g/mol. The van der Waals surface area contributed by atoms with Crippen LogP contribution in [-0.4, -0.2) is 14.5 Å². The minimum atomic E-state index is 0.692. The van der Waals surface area contributed by atoms with Gasteiger partial charge in [0.2, 0.25) is 0 Å². The molecule has 13 aromatic rings. The number of nitrogens with zero attached hydrogens (tertiary/aromatic N) is 3. The summed E-state index contributed by atoms with van der Waals surface area (Å²) in [6.45, 7) is 0. The fourth-order valence-electron chi connectivity index (χ4n) is 10.0. The van der Waals surface area contributed by atoms with Crippen LogP contribution in [0.2, 0.25) is 0 Å². The van der Waals surface area contributed by atoms with Crippen molar-refractivity contribution in [3.63, 3.8) is 0 Å². The molecule has 0 N–H and O–H groups in total. The van der Waals surface area contributed by atoms with Crippen LogP contribution in [0.3, 0.4) is 0 Å². The number of hydrogen-bond donors (Lipinski definition) is 0. The van der Waals surface area contributed by atoms with E-state index in [9.17, 15) is 0 Å². The lowest BCUT2D eigenvalue weighted by Gasteiger charge is -2.15. The minimum absolute atomic E-state index is 0.692. The van der Waals surface area contributed by atoms with Crippen molar-refractivity contribution in [3.05, 3.63) is 224 Å². The highest BCUT2D eigenvalue weighted by Gasteiger charge is 2.18. The molecule has 0 fully saturated rings. The van der Waals surface area contributed by atoms with E-state index >= 15 is 0 Å². The van der Waals surface area contributed by atoms with Gasteiger partial charge in [0, 0.05) is 33.2 Å². The lowest BCUT2D eigenvalue weighted by Crippen LogP contribution is -1.97. The van der Waals surface area contributed by atoms with Gasteiger partial charge in [0.05, 0.1) is 22.4 Å². The zero-order valence-electron chi connectivity index (χ0n) is 34.2. The number of benzene rings is 11. The van der Waals surface area contributed by atoms with E-state index in [1.165, 1.54) is 75.7 Å². The quantitative estimate of drug-likeness (QED) is 0.162. The Balaban J connectivity index is 0.941. The van der Waals surface area contributed by atoms with Gasteiger partial charge in [-0.05, 0) is 107 Å². The lowest BCUT2D eigenvalue weighted by molar-refractivity contribution is 1.18. The van der Waals surface area contributed by atoms with Gasteiger partial charge in [-0.1, -0.05) is 182 Å². The van der Waals surface area contributed by atoms with Crippen molar-refractivity contribution in [1.29, 1.82) is 0 Å². The highest BCUT2D eigenvalue weighted by atomic mass is 15.0. The first-order valence-electron chi connectivity index (χ1n) is 21.6. The van der Waals surface area contributed by atoms with Gasteiger partial charge in [-0.15, -0.1) is 0 Å². The van der Waals surface area contributed by atoms with Crippen LogP contribution in [0.1, 0.15) is 0 Å². The standard InChI is InChI=1S/C60H37N3/c1-6-18-47-40(13-1)31-34-58-59(47)52-23-11-12-24-57(52)63(58)44-32-29-39(30-33-44)38-25-27-41(28-26-38)60-61-55(53-35-42-14-2-4-16-45(42)48-19-7-9-21-50(48)53)37-56(62-60)54-36-43-15-3-5-17-46(43)49-20-8-10-22-51(49)54/h1-37H. The van der Waals surface area contributed by atoms with E-state index in [4.69, 9.17) is 9.97 Å². The van der Waals surface area contributed by atoms with E-state index in [1.807, 2.05) is 0 Å². The Kier molecular flexibility index (Phi) is 7.91. The summed E-state index contributed by atoms with van der Waals surface area (Å²) in [7, 11) is 0. The van der Waals surface area contributed by atoms with Gasteiger partial charge in [0.25, 0.3) is 0 Å². The van der Waals surface area contributed by atoms with Crippen molar-refractivity contribution >= 4 is 75.7 Å². The van der Waals surface area contributed by atoms with Crippen LogP contribution >= 0.6 is 0 Å². The summed E-state index contributed by atoms with van der Waals surface area (Å²) < 4.78 is 2.39. The summed E-state index contributed by atoms with van der Waals surface area (Å²) in [6, 6.07) is 81.0. The van der Waals surface area contributed by atoms with E-state index in [2.05, 4.69) is 229 Å². The Morgan fingerprint density at radius 3 is 1.32 bits per heavy atom. The topological polar surface area (TPSA) is 30.7 Å². The summed E-state index contributed by atoms with van der Waals surface area (Å²) >= 11 is 0.